The molecule has 1 fully saturated rings. The van der Waals surface area contributed by atoms with Gasteiger partial charge in [0.2, 0.25) is 15.9 Å². The quantitative estimate of drug-likeness (QED) is 0.599. The number of carbonyl (C=O) groups is 1. The number of nitrogens with zero attached hydrogens (tertiary/aromatic N) is 4. The molecule has 1 aliphatic heterocycles. The highest BCUT2D eigenvalue weighted by Crippen LogP contribution is 2.23. The largest absolute Gasteiger partial charge is 0.467 e. The number of amides is 1. The number of hydrogen-bond donors (Lipinski definition) is 1. The van der Waals surface area contributed by atoms with Crippen LogP contribution in [0.5, 0.6) is 0 Å². The molecule has 2 aromatic heterocycles. The van der Waals surface area contributed by atoms with Gasteiger partial charge in [0, 0.05) is 26.1 Å². The van der Waals surface area contributed by atoms with Crippen molar-refractivity contribution in [1.29, 1.82) is 0 Å². The normalized spacial score (nSPS) is 15.2. The minimum atomic E-state index is -3.48. The van der Waals surface area contributed by atoms with Crippen molar-refractivity contribution in [3.05, 3.63) is 42.4 Å². The van der Waals surface area contributed by atoms with Crippen molar-refractivity contribution in [2.75, 3.05) is 13.1 Å². The fourth-order valence-corrected chi connectivity index (χ4v) is 4.97. The number of aryl methyl sites for hydroxylation is 1. The second kappa shape index (κ2) is 8.34. The van der Waals surface area contributed by atoms with E-state index in [1.54, 1.807) is 41.3 Å². The molecule has 4 rings (SSSR count). The summed E-state index contributed by atoms with van der Waals surface area (Å²) < 4.78 is 33.8. The SMILES string of the molecule is O=C(CCCn1nnc2cc(S(=O)(=O)N3CCCC3)ccc21)NCc1ccco1. The molecule has 0 spiro atoms. The van der Waals surface area contributed by atoms with Crippen LogP contribution < -0.4 is 5.32 Å². The van der Waals surface area contributed by atoms with Crippen molar-refractivity contribution in [2.45, 2.75) is 43.7 Å². The van der Waals surface area contributed by atoms with Crippen molar-refractivity contribution in [2.24, 2.45) is 0 Å². The summed E-state index contributed by atoms with van der Waals surface area (Å²) in [6.07, 6.45) is 4.30. The molecular weight excluding hydrogens is 394 g/mol. The van der Waals surface area contributed by atoms with E-state index in [0.29, 0.717) is 50.3 Å². The van der Waals surface area contributed by atoms with Crippen LogP contribution in [0.4, 0.5) is 0 Å². The highest BCUT2D eigenvalue weighted by molar-refractivity contribution is 7.89. The third-order valence-electron chi connectivity index (χ3n) is 5.00. The Morgan fingerprint density at radius 3 is 2.79 bits per heavy atom. The van der Waals surface area contributed by atoms with E-state index >= 15 is 0 Å². The molecule has 1 aliphatic rings. The number of furan rings is 1. The van der Waals surface area contributed by atoms with Gasteiger partial charge >= 0.3 is 0 Å². The molecule has 10 heteroatoms. The van der Waals surface area contributed by atoms with E-state index in [1.165, 1.54) is 4.31 Å². The number of rotatable bonds is 8. The summed E-state index contributed by atoms with van der Waals surface area (Å²) in [4.78, 5) is 12.2. The van der Waals surface area contributed by atoms with Crippen LogP contribution >= 0.6 is 0 Å². The molecule has 9 nitrogen and oxygen atoms in total. The van der Waals surface area contributed by atoms with E-state index in [4.69, 9.17) is 4.42 Å². The zero-order valence-electron chi connectivity index (χ0n) is 16.0. The lowest BCUT2D eigenvalue weighted by molar-refractivity contribution is -0.121. The molecule has 1 saturated heterocycles. The summed E-state index contributed by atoms with van der Waals surface area (Å²) in [5.41, 5.74) is 1.29. The fourth-order valence-electron chi connectivity index (χ4n) is 3.43. The van der Waals surface area contributed by atoms with Crippen LogP contribution in [0.25, 0.3) is 11.0 Å². The van der Waals surface area contributed by atoms with Crippen molar-refractivity contribution in [1.82, 2.24) is 24.6 Å². The Hall–Kier alpha value is -2.72. The van der Waals surface area contributed by atoms with Gasteiger partial charge in [0.05, 0.1) is 23.2 Å². The molecule has 3 heterocycles. The number of aromatic nitrogens is 3. The van der Waals surface area contributed by atoms with Crippen LogP contribution in [-0.2, 0) is 27.9 Å². The van der Waals surface area contributed by atoms with E-state index in [0.717, 1.165) is 18.4 Å². The number of carbonyl (C=O) groups excluding carboxylic acids is 1. The maximum atomic E-state index is 12.7. The van der Waals surface area contributed by atoms with Gasteiger partial charge in [-0.15, -0.1) is 5.10 Å². The number of sulfonamides is 1. The maximum Gasteiger partial charge on any atom is 0.243 e. The topological polar surface area (TPSA) is 110 Å². The van der Waals surface area contributed by atoms with Gasteiger partial charge in [-0.2, -0.15) is 4.31 Å². The van der Waals surface area contributed by atoms with Gasteiger partial charge in [0.1, 0.15) is 11.3 Å². The summed E-state index contributed by atoms with van der Waals surface area (Å²) in [5, 5.41) is 11.0. The Labute approximate surface area is 168 Å². The molecule has 1 N–H and O–H groups in total. The third-order valence-corrected chi connectivity index (χ3v) is 6.90. The predicted molar refractivity (Wildman–Crippen MR) is 105 cm³/mol. The Bertz CT molecular complexity index is 1090. The molecule has 29 heavy (non-hydrogen) atoms. The molecule has 1 aromatic carbocycles. The van der Waals surface area contributed by atoms with Crippen molar-refractivity contribution >= 4 is 27.0 Å². The number of hydrogen-bond acceptors (Lipinski definition) is 6. The first-order chi connectivity index (χ1) is 14.0. The maximum absolute atomic E-state index is 12.7. The van der Waals surface area contributed by atoms with E-state index in [2.05, 4.69) is 15.6 Å². The molecule has 0 aliphatic carbocycles. The zero-order valence-corrected chi connectivity index (χ0v) is 16.8. The van der Waals surface area contributed by atoms with Gasteiger partial charge in [-0.1, -0.05) is 5.21 Å². The first-order valence-electron chi connectivity index (χ1n) is 9.66. The Morgan fingerprint density at radius 2 is 2.03 bits per heavy atom. The van der Waals surface area contributed by atoms with Crippen LogP contribution in [0.2, 0.25) is 0 Å². The van der Waals surface area contributed by atoms with Gasteiger partial charge in [0.15, 0.2) is 0 Å². The number of fused-ring (bicyclic) bond motifs is 1. The van der Waals surface area contributed by atoms with Crippen LogP contribution in [0.15, 0.2) is 45.9 Å². The number of benzene rings is 1. The molecule has 0 saturated carbocycles. The monoisotopic (exact) mass is 417 g/mol. The zero-order chi connectivity index (χ0) is 20.3. The minimum absolute atomic E-state index is 0.0650. The fraction of sp³-hybridized carbons (Fsp3) is 0.421. The van der Waals surface area contributed by atoms with Gasteiger partial charge in [-0.25, -0.2) is 13.1 Å². The summed E-state index contributed by atoms with van der Waals surface area (Å²) in [7, 11) is -3.48. The smallest absolute Gasteiger partial charge is 0.243 e. The summed E-state index contributed by atoms with van der Waals surface area (Å²) in [5.74, 6) is 0.644. The highest BCUT2D eigenvalue weighted by atomic mass is 32.2. The molecule has 0 radical (unpaired) electrons. The molecule has 1 amide bonds. The van der Waals surface area contributed by atoms with Gasteiger partial charge in [-0.05, 0) is 49.6 Å². The van der Waals surface area contributed by atoms with Gasteiger partial charge in [0.25, 0.3) is 0 Å². The molecule has 0 bridgehead atoms. The Kier molecular flexibility index (Phi) is 5.63. The second-order valence-electron chi connectivity index (χ2n) is 7.03. The average Bonchev–Trinajstić information content (AvgIpc) is 3.47. The van der Waals surface area contributed by atoms with Crippen molar-refractivity contribution in [3.8, 4) is 0 Å². The first kappa shape index (κ1) is 19.6. The van der Waals surface area contributed by atoms with Crippen molar-refractivity contribution < 1.29 is 17.6 Å². The Morgan fingerprint density at radius 1 is 1.21 bits per heavy atom. The Balaban J connectivity index is 1.36. The third kappa shape index (κ3) is 4.33. The van der Waals surface area contributed by atoms with Crippen molar-refractivity contribution in [3.63, 3.8) is 0 Å². The van der Waals surface area contributed by atoms with Crippen LogP contribution in [0.3, 0.4) is 0 Å². The lowest BCUT2D eigenvalue weighted by Gasteiger charge is -2.15. The molecule has 0 unspecified atom stereocenters. The predicted octanol–water partition coefficient (Wildman–Crippen LogP) is 1.91. The molecule has 3 aromatic rings. The lowest BCUT2D eigenvalue weighted by Crippen LogP contribution is -2.27. The standard InChI is InChI=1S/C19H23N5O4S/c25-19(20-14-15-5-4-12-28-15)6-3-11-24-18-8-7-16(13-17(18)21-22-24)29(26,27)23-9-1-2-10-23/h4-5,7-8,12-13H,1-3,6,9-11,14H2,(H,20,25). The van der Waals surface area contributed by atoms with Crippen LogP contribution in [0, 0.1) is 0 Å². The van der Waals surface area contributed by atoms with Crippen LogP contribution in [0.1, 0.15) is 31.4 Å². The molecule has 154 valence electrons. The van der Waals surface area contributed by atoms with Gasteiger partial charge < -0.3 is 9.73 Å². The summed E-state index contributed by atoms with van der Waals surface area (Å²) >= 11 is 0. The van der Waals surface area contributed by atoms with E-state index in [1.807, 2.05) is 0 Å². The second-order valence-corrected chi connectivity index (χ2v) is 8.97. The van der Waals surface area contributed by atoms with E-state index in [9.17, 15) is 13.2 Å². The average molecular weight is 417 g/mol. The summed E-state index contributed by atoms with van der Waals surface area (Å²) in [6.45, 7) is 2.01. The molecular formula is C19H23N5O4S. The van der Waals surface area contributed by atoms with E-state index < -0.39 is 10.0 Å². The van der Waals surface area contributed by atoms with E-state index in [-0.39, 0.29) is 10.8 Å². The first-order valence-corrected chi connectivity index (χ1v) is 11.1. The highest BCUT2D eigenvalue weighted by Gasteiger charge is 2.27. The number of nitrogens with one attached hydrogen (secondary N) is 1. The van der Waals surface area contributed by atoms with Gasteiger partial charge in [-0.3, -0.25) is 4.79 Å². The lowest BCUT2D eigenvalue weighted by atomic mass is 10.2. The molecule has 0 atom stereocenters. The minimum Gasteiger partial charge on any atom is -0.467 e. The van der Waals surface area contributed by atoms with Crippen LogP contribution in [-0.4, -0.2) is 46.7 Å². The summed E-state index contributed by atoms with van der Waals surface area (Å²) in [6, 6.07) is 8.49.